The second-order valence-electron chi connectivity index (χ2n) is 14.0. The molecular weight excluding hydrogens is 554 g/mol. The highest BCUT2D eigenvalue weighted by atomic mass is 16.4. The van der Waals surface area contributed by atoms with Gasteiger partial charge in [-0.15, -0.1) is 0 Å². The van der Waals surface area contributed by atoms with Gasteiger partial charge in [0.15, 0.2) is 0 Å². The predicted octanol–water partition coefficient (Wildman–Crippen LogP) is 12.6. The van der Waals surface area contributed by atoms with Crippen molar-refractivity contribution in [2.75, 3.05) is 13.1 Å². The molecule has 5 nitrogen and oxygen atoms in total. The van der Waals surface area contributed by atoms with Gasteiger partial charge in [0.25, 0.3) is 0 Å². The van der Waals surface area contributed by atoms with Crippen LogP contribution in [0, 0.1) is 0 Å². The topological polar surface area (TPSA) is 78.9 Å². The third kappa shape index (κ3) is 32.6. The van der Waals surface area contributed by atoms with Gasteiger partial charge in [-0.3, -0.25) is 9.79 Å². The first-order valence-corrected chi connectivity index (χ1v) is 20.3. The molecule has 0 aromatic carbocycles. The van der Waals surface area contributed by atoms with E-state index in [0.29, 0.717) is 6.42 Å². The molecule has 0 bridgehead atoms. The SMILES string of the molecule is CCCCCCCCCCCCCCCCCC(=O)O.CCCCCCCCCCCCCCCCCC1=NCCN1C(C)N. The molecule has 45 heavy (non-hydrogen) atoms. The van der Waals surface area contributed by atoms with E-state index in [-0.39, 0.29) is 6.17 Å². The van der Waals surface area contributed by atoms with Crippen molar-refractivity contribution in [1.29, 1.82) is 0 Å². The number of nitrogens with zero attached hydrogens (tertiary/aromatic N) is 2. The van der Waals surface area contributed by atoms with Gasteiger partial charge in [-0.2, -0.15) is 0 Å². The molecule has 5 heteroatoms. The second-order valence-corrected chi connectivity index (χ2v) is 14.0. The van der Waals surface area contributed by atoms with Crippen LogP contribution in [-0.4, -0.2) is 41.1 Å². The number of hydrogen-bond acceptors (Lipinski definition) is 4. The van der Waals surface area contributed by atoms with E-state index in [1.54, 1.807) is 0 Å². The average molecular weight is 636 g/mol. The number of unbranched alkanes of at least 4 members (excludes halogenated alkanes) is 28. The Morgan fingerprint density at radius 2 is 0.911 bits per heavy atom. The Labute approximate surface area is 282 Å². The Hall–Kier alpha value is -1.10. The molecule has 3 N–H and O–H groups in total. The van der Waals surface area contributed by atoms with Crippen LogP contribution in [0.25, 0.3) is 0 Å². The fourth-order valence-corrected chi connectivity index (χ4v) is 6.47. The van der Waals surface area contributed by atoms with E-state index in [9.17, 15) is 4.79 Å². The minimum absolute atomic E-state index is 0.123. The Kier molecular flexibility index (Phi) is 34.9. The Balaban J connectivity index is 0.000000884. The van der Waals surface area contributed by atoms with Gasteiger partial charge in [0.1, 0.15) is 5.84 Å². The number of amidine groups is 1. The summed E-state index contributed by atoms with van der Waals surface area (Å²) in [6, 6.07) is 0. The molecule has 0 saturated carbocycles. The number of hydrogen-bond donors (Lipinski definition) is 2. The number of rotatable bonds is 33. The minimum Gasteiger partial charge on any atom is -0.481 e. The van der Waals surface area contributed by atoms with Crippen molar-refractivity contribution in [2.24, 2.45) is 10.7 Å². The van der Waals surface area contributed by atoms with Crippen LogP contribution in [0.3, 0.4) is 0 Å². The summed E-state index contributed by atoms with van der Waals surface area (Å²) in [6.45, 7) is 8.58. The Morgan fingerprint density at radius 3 is 1.22 bits per heavy atom. The molecular formula is C40H81N3O2. The first kappa shape index (κ1) is 43.9. The third-order valence-corrected chi connectivity index (χ3v) is 9.46. The van der Waals surface area contributed by atoms with Crippen molar-refractivity contribution in [2.45, 2.75) is 232 Å². The standard InChI is InChI=1S/C22H45N3.C18H36O2/c1-3-4-5-6-7-8-9-10-11-12-13-14-15-16-17-18-22-24-19-20-25(22)21(2)23;1-2-3-4-5-6-7-8-9-10-11-12-13-14-15-16-17-18(19)20/h21H,3-20,23H2,1-2H3;2-17H2,1H3,(H,19,20). The molecule has 0 amide bonds. The maximum atomic E-state index is 10.3. The van der Waals surface area contributed by atoms with Gasteiger partial charge < -0.3 is 15.7 Å². The van der Waals surface area contributed by atoms with Gasteiger partial charge in [-0.1, -0.05) is 194 Å². The van der Waals surface area contributed by atoms with Crippen molar-refractivity contribution in [3.63, 3.8) is 0 Å². The van der Waals surface area contributed by atoms with Gasteiger partial charge in [0.2, 0.25) is 0 Å². The van der Waals surface area contributed by atoms with Crippen LogP contribution in [0.1, 0.15) is 226 Å². The van der Waals surface area contributed by atoms with Crippen molar-refractivity contribution in [3.8, 4) is 0 Å². The van der Waals surface area contributed by atoms with Crippen LogP contribution in [0.15, 0.2) is 4.99 Å². The molecule has 268 valence electrons. The lowest BCUT2D eigenvalue weighted by Gasteiger charge is -2.24. The zero-order valence-corrected chi connectivity index (χ0v) is 30.9. The van der Waals surface area contributed by atoms with Crippen LogP contribution >= 0.6 is 0 Å². The summed E-state index contributed by atoms with van der Waals surface area (Å²) in [7, 11) is 0. The molecule has 0 fully saturated rings. The third-order valence-electron chi connectivity index (χ3n) is 9.46. The highest BCUT2D eigenvalue weighted by Gasteiger charge is 2.18. The molecule has 1 heterocycles. The van der Waals surface area contributed by atoms with E-state index in [1.807, 2.05) is 0 Å². The lowest BCUT2D eigenvalue weighted by atomic mass is 10.0. The molecule has 1 aliphatic rings. The van der Waals surface area contributed by atoms with E-state index >= 15 is 0 Å². The van der Waals surface area contributed by atoms with Crippen LogP contribution < -0.4 is 5.73 Å². The summed E-state index contributed by atoms with van der Waals surface area (Å²) in [6.07, 6.45) is 42.8. The normalized spacial score (nSPS) is 13.5. The minimum atomic E-state index is -0.653. The van der Waals surface area contributed by atoms with Crippen molar-refractivity contribution < 1.29 is 9.90 Å². The summed E-state index contributed by atoms with van der Waals surface area (Å²) in [4.78, 5) is 17.2. The fourth-order valence-electron chi connectivity index (χ4n) is 6.47. The molecule has 0 radical (unpaired) electrons. The lowest BCUT2D eigenvalue weighted by molar-refractivity contribution is -0.137. The number of aliphatic carboxylic acids is 1. The van der Waals surface area contributed by atoms with E-state index in [2.05, 4.69) is 30.7 Å². The van der Waals surface area contributed by atoms with Gasteiger partial charge >= 0.3 is 5.97 Å². The number of carboxylic acids is 1. The zero-order valence-electron chi connectivity index (χ0n) is 30.9. The Morgan fingerprint density at radius 1 is 0.600 bits per heavy atom. The van der Waals surface area contributed by atoms with Crippen LogP contribution in [-0.2, 0) is 4.79 Å². The fraction of sp³-hybridized carbons (Fsp3) is 0.950. The molecule has 0 aromatic rings. The van der Waals surface area contributed by atoms with Gasteiger partial charge in [-0.25, -0.2) is 0 Å². The van der Waals surface area contributed by atoms with Crippen LogP contribution in [0.2, 0.25) is 0 Å². The van der Waals surface area contributed by atoms with Gasteiger partial charge in [-0.05, 0) is 19.8 Å². The zero-order chi connectivity index (χ0) is 33.1. The van der Waals surface area contributed by atoms with Crippen LogP contribution in [0.4, 0.5) is 0 Å². The molecule has 0 saturated heterocycles. The maximum absolute atomic E-state index is 10.3. The van der Waals surface area contributed by atoms with Gasteiger partial charge in [0, 0.05) is 19.4 Å². The number of nitrogens with two attached hydrogens (primary N) is 1. The van der Waals surface area contributed by atoms with Crippen molar-refractivity contribution in [3.05, 3.63) is 0 Å². The number of aliphatic imine (C=N–C) groups is 1. The molecule has 1 unspecified atom stereocenters. The monoisotopic (exact) mass is 636 g/mol. The molecule has 0 aliphatic carbocycles. The maximum Gasteiger partial charge on any atom is 0.303 e. The molecule has 1 atom stereocenters. The molecule has 1 aliphatic heterocycles. The number of carbonyl (C=O) groups is 1. The second kappa shape index (κ2) is 35.7. The Bertz CT molecular complexity index is 637. The van der Waals surface area contributed by atoms with Crippen molar-refractivity contribution >= 4 is 11.8 Å². The average Bonchev–Trinajstić information content (AvgIpc) is 3.50. The largest absolute Gasteiger partial charge is 0.481 e. The van der Waals surface area contributed by atoms with E-state index in [0.717, 1.165) is 32.4 Å². The smallest absolute Gasteiger partial charge is 0.303 e. The van der Waals surface area contributed by atoms with E-state index in [1.165, 1.54) is 186 Å². The van der Waals surface area contributed by atoms with E-state index < -0.39 is 5.97 Å². The summed E-state index contributed by atoms with van der Waals surface area (Å²) in [5.41, 5.74) is 5.99. The quantitative estimate of drug-likeness (QED) is 0.0703. The van der Waals surface area contributed by atoms with Crippen molar-refractivity contribution in [1.82, 2.24) is 4.90 Å². The summed E-state index contributed by atoms with van der Waals surface area (Å²) >= 11 is 0. The summed E-state index contributed by atoms with van der Waals surface area (Å²) < 4.78 is 0. The lowest BCUT2D eigenvalue weighted by Crippen LogP contribution is -2.41. The first-order valence-electron chi connectivity index (χ1n) is 20.3. The first-order chi connectivity index (χ1) is 22.0. The van der Waals surface area contributed by atoms with Crippen LogP contribution in [0.5, 0.6) is 0 Å². The highest BCUT2D eigenvalue weighted by molar-refractivity contribution is 5.83. The molecule has 0 aromatic heterocycles. The molecule has 0 spiro atoms. The summed E-state index contributed by atoms with van der Waals surface area (Å²) in [5.74, 6) is 0.601. The number of carboxylic acid groups (broad SMARTS) is 1. The molecule has 1 rings (SSSR count). The van der Waals surface area contributed by atoms with E-state index in [4.69, 9.17) is 10.8 Å². The summed E-state index contributed by atoms with van der Waals surface area (Å²) in [5, 5.41) is 8.52. The highest BCUT2D eigenvalue weighted by Crippen LogP contribution is 2.16. The predicted molar refractivity (Wildman–Crippen MR) is 199 cm³/mol. The van der Waals surface area contributed by atoms with Gasteiger partial charge in [0.05, 0.1) is 12.7 Å².